The van der Waals surface area contributed by atoms with E-state index in [1.807, 2.05) is 60.0 Å². The molecule has 0 aliphatic heterocycles. The number of amides is 1. The zero-order valence-electron chi connectivity index (χ0n) is 20.7. The Bertz CT molecular complexity index is 1910. The van der Waals surface area contributed by atoms with Crippen molar-refractivity contribution in [2.24, 2.45) is 0 Å². The Morgan fingerprint density at radius 2 is 1.90 bits per heavy atom. The molecule has 1 amide bonds. The maximum atomic E-state index is 14.1. The van der Waals surface area contributed by atoms with Crippen molar-refractivity contribution in [2.75, 3.05) is 5.73 Å². The number of fused-ring (bicyclic) bond motifs is 2. The van der Waals surface area contributed by atoms with Crippen molar-refractivity contribution in [3.05, 3.63) is 111 Å². The van der Waals surface area contributed by atoms with Gasteiger partial charge in [0.25, 0.3) is 11.5 Å². The van der Waals surface area contributed by atoms with Crippen LogP contribution in [-0.4, -0.2) is 35.0 Å². The summed E-state index contributed by atoms with van der Waals surface area (Å²) in [6.07, 6.45) is 8.70. The van der Waals surface area contributed by atoms with Crippen LogP contribution in [-0.2, 0) is 0 Å². The molecule has 10 nitrogen and oxygen atoms in total. The van der Waals surface area contributed by atoms with E-state index in [4.69, 9.17) is 10.7 Å². The number of carbonyl (C=O) groups excluding carboxylic acids is 1. The number of aromatic nitrogens is 6. The van der Waals surface area contributed by atoms with E-state index in [0.29, 0.717) is 28.1 Å². The van der Waals surface area contributed by atoms with E-state index >= 15 is 0 Å². The van der Waals surface area contributed by atoms with Crippen molar-refractivity contribution in [3.63, 3.8) is 0 Å². The highest BCUT2D eigenvalue weighted by atomic mass is 32.1. The third-order valence-corrected chi connectivity index (χ3v) is 6.95. The van der Waals surface area contributed by atoms with E-state index in [0.717, 1.165) is 10.6 Å². The smallest absolute Gasteiger partial charge is 0.266 e. The minimum atomic E-state index is -0.664. The number of nitrogens with two attached hydrogens (primary N) is 1. The van der Waals surface area contributed by atoms with E-state index in [1.54, 1.807) is 37.6 Å². The van der Waals surface area contributed by atoms with Crippen LogP contribution in [0.2, 0.25) is 0 Å². The van der Waals surface area contributed by atoms with Gasteiger partial charge in [0.15, 0.2) is 11.5 Å². The number of thiazole rings is 1. The molecule has 0 bridgehead atoms. The molecule has 0 aliphatic rings. The predicted molar refractivity (Wildman–Crippen MR) is 152 cm³/mol. The number of nitrogen functional groups attached to an aromatic ring is 1. The number of hydrogen-bond donors (Lipinski definition) is 2. The van der Waals surface area contributed by atoms with E-state index in [9.17, 15) is 9.59 Å². The topological polar surface area (TPSA) is 133 Å². The monoisotopic (exact) mass is 534 g/mol. The van der Waals surface area contributed by atoms with Gasteiger partial charge in [0.2, 0.25) is 0 Å². The lowest BCUT2D eigenvalue weighted by molar-refractivity contribution is 0.0940. The average Bonchev–Trinajstić information content (AvgIpc) is 3.59. The summed E-state index contributed by atoms with van der Waals surface area (Å²) in [5, 5.41) is 10.3. The number of rotatable bonds is 6. The molecule has 4 heterocycles. The first-order chi connectivity index (χ1) is 19.0. The number of anilines is 1. The van der Waals surface area contributed by atoms with Gasteiger partial charge in [-0.25, -0.2) is 19.5 Å². The van der Waals surface area contributed by atoms with Gasteiger partial charge in [-0.15, -0.1) is 16.4 Å². The van der Waals surface area contributed by atoms with Crippen LogP contribution in [0.1, 0.15) is 39.7 Å². The van der Waals surface area contributed by atoms with Gasteiger partial charge in [-0.2, -0.15) is 0 Å². The first-order valence-electron chi connectivity index (χ1n) is 12.1. The second-order valence-corrected chi connectivity index (χ2v) is 9.66. The molecule has 1 atom stereocenters. The summed E-state index contributed by atoms with van der Waals surface area (Å²) in [5.41, 5.74) is 8.16. The highest BCUT2D eigenvalue weighted by Crippen LogP contribution is 2.23. The van der Waals surface area contributed by atoms with Gasteiger partial charge >= 0.3 is 0 Å². The minimum absolute atomic E-state index is 0.0574. The van der Waals surface area contributed by atoms with Crippen molar-refractivity contribution in [2.45, 2.75) is 13.0 Å². The van der Waals surface area contributed by atoms with Gasteiger partial charge in [-0.05, 0) is 42.8 Å². The largest absolute Gasteiger partial charge is 0.381 e. The minimum Gasteiger partial charge on any atom is -0.381 e. The van der Waals surface area contributed by atoms with Crippen LogP contribution >= 0.6 is 11.3 Å². The molecule has 0 saturated carbocycles. The van der Waals surface area contributed by atoms with Crippen molar-refractivity contribution >= 4 is 51.8 Å². The molecule has 3 N–H and O–H groups in total. The van der Waals surface area contributed by atoms with Crippen molar-refractivity contribution < 1.29 is 4.79 Å². The summed E-state index contributed by atoms with van der Waals surface area (Å²) in [6, 6.07) is 15.8. The highest BCUT2D eigenvalue weighted by Gasteiger charge is 2.24. The zero-order chi connectivity index (χ0) is 26.9. The van der Waals surface area contributed by atoms with E-state index < -0.39 is 11.9 Å². The summed E-state index contributed by atoms with van der Waals surface area (Å²) in [5.74, 6) is -0.0409. The maximum Gasteiger partial charge on any atom is 0.266 e. The fourth-order valence-electron chi connectivity index (χ4n) is 4.46. The molecule has 1 unspecified atom stereocenters. The highest BCUT2D eigenvalue weighted by molar-refractivity contribution is 7.10. The number of nitrogens with one attached hydrogen (secondary N) is 1. The molecule has 6 rings (SSSR count). The third kappa shape index (κ3) is 4.44. The summed E-state index contributed by atoms with van der Waals surface area (Å²) >= 11 is 1.51. The maximum absolute atomic E-state index is 14.1. The van der Waals surface area contributed by atoms with E-state index in [2.05, 4.69) is 20.4 Å². The fourth-order valence-corrected chi connectivity index (χ4v) is 4.99. The van der Waals surface area contributed by atoms with Gasteiger partial charge in [-0.1, -0.05) is 36.4 Å². The van der Waals surface area contributed by atoms with E-state index in [-0.39, 0.29) is 16.9 Å². The Morgan fingerprint density at radius 1 is 1.05 bits per heavy atom. The number of hydrogen-bond acceptors (Lipinski definition) is 8. The van der Waals surface area contributed by atoms with Gasteiger partial charge in [0.05, 0.1) is 22.6 Å². The standard InChI is InChI=1S/C28H22N8O2S/c1-17(32-27(37)23-24(29)34-35-15-6-13-31-26(23)35)25-33-20-10-5-7-18(11-12-21-30-14-16-39-21)22(20)28(38)36(25)19-8-3-2-4-9-19/h2-17H,1H3,(H2,29,34)(H,32,37). The summed E-state index contributed by atoms with van der Waals surface area (Å²) in [4.78, 5) is 40.9. The van der Waals surface area contributed by atoms with Crippen LogP contribution in [0.15, 0.2) is 83.4 Å². The molecular weight excluding hydrogens is 512 g/mol. The molecule has 11 heteroatoms. The summed E-state index contributed by atoms with van der Waals surface area (Å²) < 4.78 is 2.98. The molecule has 0 saturated heterocycles. The quantitative estimate of drug-likeness (QED) is 0.328. The average molecular weight is 535 g/mol. The fraction of sp³-hybridized carbons (Fsp3) is 0.0714. The second kappa shape index (κ2) is 9.95. The van der Waals surface area contributed by atoms with Crippen LogP contribution in [0.3, 0.4) is 0 Å². The Hall–Kier alpha value is -5.16. The van der Waals surface area contributed by atoms with Crippen LogP contribution in [0, 0.1) is 0 Å². The van der Waals surface area contributed by atoms with Crippen LogP contribution < -0.4 is 16.6 Å². The first-order valence-corrected chi connectivity index (χ1v) is 13.0. The van der Waals surface area contributed by atoms with Crippen molar-refractivity contribution in [1.82, 2.24) is 34.4 Å². The van der Waals surface area contributed by atoms with Gasteiger partial charge in [0.1, 0.15) is 16.4 Å². The molecular formula is C28H22N8O2S. The second-order valence-electron chi connectivity index (χ2n) is 8.73. The molecule has 0 radical (unpaired) electrons. The van der Waals surface area contributed by atoms with Crippen molar-refractivity contribution in [3.8, 4) is 5.69 Å². The van der Waals surface area contributed by atoms with Gasteiger partial charge < -0.3 is 11.1 Å². The molecule has 6 aromatic rings. The van der Waals surface area contributed by atoms with Gasteiger partial charge in [-0.3, -0.25) is 14.2 Å². The first kappa shape index (κ1) is 24.2. The Balaban J connectivity index is 1.47. The van der Waals surface area contributed by atoms with Crippen LogP contribution in [0.25, 0.3) is 34.4 Å². The number of benzene rings is 2. The van der Waals surface area contributed by atoms with Crippen molar-refractivity contribution in [1.29, 1.82) is 0 Å². The lowest BCUT2D eigenvalue weighted by Gasteiger charge is -2.20. The number of carbonyl (C=O) groups is 1. The Morgan fingerprint density at radius 3 is 2.69 bits per heavy atom. The predicted octanol–water partition coefficient (Wildman–Crippen LogP) is 4.13. The summed E-state index contributed by atoms with van der Waals surface area (Å²) in [6.45, 7) is 1.77. The Labute approximate surface area is 226 Å². The SMILES string of the molecule is CC(NC(=O)c1c(N)nn2cccnc12)c1nc2cccc(C=Cc3nccs3)c2c(=O)n1-c1ccccc1. The van der Waals surface area contributed by atoms with Gasteiger partial charge in [0, 0.05) is 24.0 Å². The van der Waals surface area contributed by atoms with Crippen LogP contribution in [0.5, 0.6) is 0 Å². The lowest BCUT2D eigenvalue weighted by Crippen LogP contribution is -2.33. The molecule has 0 fully saturated rings. The molecule has 39 heavy (non-hydrogen) atoms. The van der Waals surface area contributed by atoms with Crippen LogP contribution in [0.4, 0.5) is 5.82 Å². The molecule has 0 aliphatic carbocycles. The van der Waals surface area contributed by atoms with E-state index in [1.165, 1.54) is 20.4 Å². The number of nitrogens with zero attached hydrogens (tertiary/aromatic N) is 6. The third-order valence-electron chi connectivity index (χ3n) is 6.21. The molecule has 192 valence electrons. The molecule has 2 aromatic carbocycles. The molecule has 4 aromatic heterocycles. The molecule has 0 spiro atoms. The lowest BCUT2D eigenvalue weighted by atomic mass is 10.1. The zero-order valence-corrected chi connectivity index (χ0v) is 21.5. The summed E-state index contributed by atoms with van der Waals surface area (Å²) in [7, 11) is 0. The number of para-hydroxylation sites is 1. The normalized spacial score (nSPS) is 12.3. The Kier molecular flexibility index (Phi) is 6.17.